The summed E-state index contributed by atoms with van der Waals surface area (Å²) in [7, 11) is 2.66. The van der Waals surface area contributed by atoms with Crippen molar-refractivity contribution in [1.82, 2.24) is 5.06 Å². The van der Waals surface area contributed by atoms with Crippen LogP contribution in [-0.4, -0.2) is 67.8 Å². The average molecular weight is 566 g/mol. The summed E-state index contributed by atoms with van der Waals surface area (Å²) in [5, 5.41) is 1.00. The molecular formula is C31H51NO8. The molecule has 0 aromatic heterocycles. The van der Waals surface area contributed by atoms with Crippen LogP contribution in [0.25, 0.3) is 0 Å². The van der Waals surface area contributed by atoms with E-state index in [2.05, 4.69) is 26.8 Å². The Morgan fingerprint density at radius 2 is 1.65 bits per heavy atom. The van der Waals surface area contributed by atoms with Crippen molar-refractivity contribution in [1.29, 1.82) is 0 Å². The molecule has 5 atom stereocenters. The summed E-state index contributed by atoms with van der Waals surface area (Å²) in [6.07, 6.45) is 10.0. The molecule has 2 heterocycles. The fourth-order valence-corrected chi connectivity index (χ4v) is 5.59. The number of carbonyl (C=O) groups excluding carboxylic acids is 4. The summed E-state index contributed by atoms with van der Waals surface area (Å²) in [5.41, 5.74) is 1.32. The lowest BCUT2D eigenvalue weighted by atomic mass is 9.84. The van der Waals surface area contributed by atoms with E-state index < -0.39 is 29.5 Å². The van der Waals surface area contributed by atoms with Gasteiger partial charge in [-0.1, -0.05) is 45.3 Å². The lowest BCUT2D eigenvalue weighted by Gasteiger charge is -2.42. The first kappa shape index (κ1) is 34.1. The van der Waals surface area contributed by atoms with E-state index in [0.717, 1.165) is 43.6 Å². The smallest absolute Gasteiger partial charge is 0.319 e. The number of ketones is 2. The van der Waals surface area contributed by atoms with Crippen LogP contribution >= 0.6 is 0 Å². The van der Waals surface area contributed by atoms with Gasteiger partial charge in [0.2, 0.25) is 5.79 Å². The Morgan fingerprint density at radius 3 is 2.35 bits per heavy atom. The highest BCUT2D eigenvalue weighted by Gasteiger charge is 2.55. The predicted octanol–water partition coefficient (Wildman–Crippen LogP) is 5.35. The highest BCUT2D eigenvalue weighted by molar-refractivity contribution is 6.38. The van der Waals surface area contributed by atoms with Crippen molar-refractivity contribution in [3.8, 4) is 0 Å². The summed E-state index contributed by atoms with van der Waals surface area (Å²) < 4.78 is 17.1. The Labute approximate surface area is 240 Å². The van der Waals surface area contributed by atoms with Crippen LogP contribution in [0.1, 0.15) is 105 Å². The van der Waals surface area contributed by atoms with Crippen LogP contribution in [0.3, 0.4) is 0 Å². The molecular weight excluding hydrogens is 514 g/mol. The Balaban J connectivity index is 2.16. The van der Waals surface area contributed by atoms with Crippen LogP contribution in [0.2, 0.25) is 0 Å². The molecule has 0 aliphatic carbocycles. The van der Waals surface area contributed by atoms with Gasteiger partial charge in [0, 0.05) is 32.4 Å². The van der Waals surface area contributed by atoms with Gasteiger partial charge in [0.05, 0.1) is 13.7 Å². The van der Waals surface area contributed by atoms with Crippen LogP contribution in [0, 0.1) is 17.8 Å². The van der Waals surface area contributed by atoms with E-state index in [-0.39, 0.29) is 24.7 Å². The first-order valence-electron chi connectivity index (χ1n) is 15.0. The van der Waals surface area contributed by atoms with Gasteiger partial charge in [-0.2, -0.15) is 0 Å². The Morgan fingerprint density at radius 1 is 0.900 bits per heavy atom. The standard InChI is InChI=1S/C31H51NO8/c1-22-13-9-7-10-14-24(3)21-39-28(34)15-11-8-12-18-32(38-6)30(36)29(35)31(37-5)25(4)20-26(33)27(40-31)17-16-23(2)19-22/h13,23-25,27H,7-12,14-21H2,1-6H3. The van der Waals surface area contributed by atoms with E-state index in [9.17, 15) is 19.2 Å². The zero-order valence-corrected chi connectivity index (χ0v) is 25.5. The number of hydroxylamine groups is 2. The van der Waals surface area contributed by atoms with Crippen LogP contribution in [0.4, 0.5) is 0 Å². The van der Waals surface area contributed by atoms with Gasteiger partial charge in [0.1, 0.15) is 6.10 Å². The number of hydrogen-bond acceptors (Lipinski definition) is 8. The number of methoxy groups -OCH3 is 1. The molecule has 0 aromatic rings. The summed E-state index contributed by atoms with van der Waals surface area (Å²) in [6, 6.07) is 0. The van der Waals surface area contributed by atoms with E-state index >= 15 is 0 Å². The molecule has 2 bridgehead atoms. The van der Waals surface area contributed by atoms with Crippen molar-refractivity contribution < 1.29 is 38.2 Å². The molecule has 9 heteroatoms. The highest BCUT2D eigenvalue weighted by atomic mass is 16.7. The number of hydrogen-bond donors (Lipinski definition) is 0. The number of carbonyl (C=O) groups is 4. The Hall–Kier alpha value is -2.10. The van der Waals surface area contributed by atoms with Gasteiger partial charge in [-0.15, -0.1) is 0 Å². The number of nitrogens with zero attached hydrogens (tertiary/aromatic N) is 1. The van der Waals surface area contributed by atoms with Gasteiger partial charge < -0.3 is 14.2 Å². The van der Waals surface area contributed by atoms with Crippen molar-refractivity contribution in [2.45, 2.75) is 117 Å². The molecule has 0 radical (unpaired) electrons. The average Bonchev–Trinajstić information content (AvgIpc) is 2.92. The topological polar surface area (TPSA) is 108 Å². The van der Waals surface area contributed by atoms with Crippen LogP contribution < -0.4 is 0 Å². The zero-order valence-electron chi connectivity index (χ0n) is 25.5. The van der Waals surface area contributed by atoms with Gasteiger partial charge >= 0.3 is 11.9 Å². The van der Waals surface area contributed by atoms with Gasteiger partial charge in [-0.05, 0) is 70.1 Å². The third-order valence-corrected chi connectivity index (χ3v) is 8.10. The third kappa shape index (κ3) is 10.1. The number of cyclic esters (lactones) is 1. The molecule has 5 unspecified atom stereocenters. The van der Waals surface area contributed by atoms with Gasteiger partial charge in [-0.25, -0.2) is 5.06 Å². The maximum Gasteiger partial charge on any atom is 0.319 e. The number of allylic oxidation sites excluding steroid dienone is 2. The van der Waals surface area contributed by atoms with Crippen LogP contribution in [0.5, 0.6) is 0 Å². The minimum Gasteiger partial charge on any atom is -0.465 e. The Bertz CT molecular complexity index is 887. The summed E-state index contributed by atoms with van der Waals surface area (Å²) in [4.78, 5) is 57.0. The molecule has 0 saturated carbocycles. The number of Topliss-reactive ketones (excluding diaryl/α,β-unsaturated/α-hetero) is 2. The normalized spacial score (nSPS) is 32.0. The second kappa shape index (κ2) is 17.0. The monoisotopic (exact) mass is 565 g/mol. The quantitative estimate of drug-likeness (QED) is 0.251. The molecule has 2 rings (SSSR count). The van der Waals surface area contributed by atoms with Gasteiger partial charge in [0.15, 0.2) is 5.78 Å². The van der Waals surface area contributed by atoms with Crippen molar-refractivity contribution in [3.05, 3.63) is 11.6 Å². The van der Waals surface area contributed by atoms with E-state index in [1.54, 1.807) is 6.92 Å². The van der Waals surface area contributed by atoms with E-state index in [1.165, 1.54) is 19.8 Å². The SMILES string of the molecule is CON1CCCCCC(=O)OCC(C)CCCCC=C(C)CC(C)CCC2OC(OC)(C(=O)C1=O)C(C)CC2=O. The largest absolute Gasteiger partial charge is 0.465 e. The molecule has 0 N–H and O–H groups in total. The lowest BCUT2D eigenvalue weighted by Crippen LogP contribution is -2.61. The summed E-state index contributed by atoms with van der Waals surface area (Å²) in [6.45, 7) is 8.69. The van der Waals surface area contributed by atoms with Crippen molar-refractivity contribution in [2.24, 2.45) is 17.8 Å². The second-order valence-corrected chi connectivity index (χ2v) is 11.8. The molecule has 2 aliphatic heterocycles. The molecule has 2 aliphatic rings. The van der Waals surface area contributed by atoms with Crippen LogP contribution in [0.15, 0.2) is 11.6 Å². The number of esters is 1. The molecule has 228 valence electrons. The first-order valence-corrected chi connectivity index (χ1v) is 15.0. The molecule has 40 heavy (non-hydrogen) atoms. The number of fused-ring (bicyclic) bond motifs is 2. The second-order valence-electron chi connectivity index (χ2n) is 11.8. The highest BCUT2D eigenvalue weighted by Crippen LogP contribution is 2.36. The summed E-state index contributed by atoms with van der Waals surface area (Å²) in [5.74, 6) is -3.87. The number of rotatable bonds is 2. The first-order chi connectivity index (χ1) is 19.0. The van der Waals surface area contributed by atoms with Crippen LogP contribution in [-0.2, 0) is 38.2 Å². The van der Waals surface area contributed by atoms with E-state index in [0.29, 0.717) is 50.5 Å². The molecule has 0 aromatic carbocycles. The van der Waals surface area contributed by atoms with Gasteiger partial charge in [0.25, 0.3) is 5.78 Å². The third-order valence-electron chi connectivity index (χ3n) is 8.10. The predicted molar refractivity (Wildman–Crippen MR) is 151 cm³/mol. The maximum absolute atomic E-state index is 13.5. The van der Waals surface area contributed by atoms with Crippen molar-refractivity contribution >= 4 is 23.4 Å². The minimum absolute atomic E-state index is 0.0754. The molecule has 9 nitrogen and oxygen atoms in total. The lowest BCUT2D eigenvalue weighted by molar-refractivity contribution is -0.268. The van der Waals surface area contributed by atoms with Crippen molar-refractivity contribution in [3.63, 3.8) is 0 Å². The van der Waals surface area contributed by atoms with Crippen molar-refractivity contribution in [2.75, 3.05) is 27.4 Å². The molecule has 1 fully saturated rings. The fourth-order valence-electron chi connectivity index (χ4n) is 5.59. The molecule has 1 amide bonds. The fraction of sp³-hybridized carbons (Fsp3) is 0.806. The number of amides is 1. The summed E-state index contributed by atoms with van der Waals surface area (Å²) >= 11 is 0. The zero-order chi connectivity index (χ0) is 29.7. The van der Waals surface area contributed by atoms with E-state index in [4.69, 9.17) is 19.0 Å². The minimum atomic E-state index is -1.85. The van der Waals surface area contributed by atoms with Gasteiger partial charge in [-0.3, -0.25) is 24.0 Å². The molecule has 1 saturated heterocycles. The number of ether oxygens (including phenoxy) is 3. The molecule has 0 spiro atoms. The maximum atomic E-state index is 13.5. The Kier molecular flexibility index (Phi) is 14.5. The van der Waals surface area contributed by atoms with E-state index in [1.807, 2.05) is 0 Å².